The van der Waals surface area contributed by atoms with Crippen LogP contribution in [0.25, 0.3) is 11.0 Å². The van der Waals surface area contributed by atoms with E-state index >= 15 is 0 Å². The highest BCUT2D eigenvalue weighted by Crippen LogP contribution is 2.34. The fourth-order valence-corrected chi connectivity index (χ4v) is 2.77. The fourth-order valence-electron chi connectivity index (χ4n) is 2.77. The monoisotopic (exact) mass is 386 g/mol. The molecule has 2 aromatic rings. The number of benzene rings is 1. The summed E-state index contributed by atoms with van der Waals surface area (Å²) < 4.78 is 22.3. The second-order valence-corrected chi connectivity index (χ2v) is 7.26. The Morgan fingerprint density at radius 1 is 1.14 bits per heavy atom. The molecule has 0 aliphatic rings. The van der Waals surface area contributed by atoms with Crippen LogP contribution in [0.15, 0.2) is 50.7 Å². The molecular weight excluding hydrogens is 356 g/mol. The van der Waals surface area contributed by atoms with E-state index in [9.17, 15) is 4.79 Å². The molecule has 0 N–H and O–H groups in total. The highest BCUT2D eigenvalue weighted by Gasteiger charge is 2.17. The number of rotatable bonds is 9. The van der Waals surface area contributed by atoms with Crippen molar-refractivity contribution in [3.8, 4) is 17.2 Å². The first-order chi connectivity index (χ1) is 13.3. The first-order valence-electron chi connectivity index (χ1n) is 9.55. The fraction of sp³-hybridized carbons (Fsp3) is 0.435. The second kappa shape index (κ2) is 10.0. The zero-order valence-electron chi connectivity index (χ0n) is 17.6. The van der Waals surface area contributed by atoms with E-state index in [0.717, 1.165) is 12.8 Å². The van der Waals surface area contributed by atoms with Crippen molar-refractivity contribution in [3.05, 3.63) is 51.9 Å². The maximum atomic E-state index is 12.4. The Kier molecular flexibility index (Phi) is 7.73. The summed E-state index contributed by atoms with van der Waals surface area (Å²) in [4.78, 5) is 12.4. The van der Waals surface area contributed by atoms with Gasteiger partial charge in [-0.3, -0.25) is 0 Å². The topological polar surface area (TPSA) is 57.9 Å². The first kappa shape index (κ1) is 21.6. The van der Waals surface area contributed by atoms with Gasteiger partial charge in [0.15, 0.2) is 5.75 Å². The zero-order valence-corrected chi connectivity index (χ0v) is 17.6. The molecule has 5 heteroatoms. The summed E-state index contributed by atoms with van der Waals surface area (Å²) in [7, 11) is 1.51. The van der Waals surface area contributed by atoms with Crippen LogP contribution in [0, 0.1) is 0 Å². The summed E-state index contributed by atoms with van der Waals surface area (Å²) in [5, 5.41) is 0.664. The average Bonchev–Trinajstić information content (AvgIpc) is 2.61. The number of methoxy groups -OCH3 is 1. The Labute approximate surface area is 166 Å². The highest BCUT2D eigenvalue weighted by atomic mass is 16.5. The van der Waals surface area contributed by atoms with E-state index in [2.05, 4.69) is 26.8 Å². The molecule has 5 nitrogen and oxygen atoms in total. The average molecular weight is 386 g/mol. The number of ether oxygens (including phenoxy) is 3. The highest BCUT2D eigenvalue weighted by molar-refractivity contribution is 5.86. The molecule has 0 aliphatic heterocycles. The predicted molar refractivity (Wildman–Crippen MR) is 113 cm³/mol. The molecule has 0 atom stereocenters. The molecule has 0 saturated heterocycles. The largest absolute Gasteiger partial charge is 0.492 e. The maximum Gasteiger partial charge on any atom is 0.383 e. The summed E-state index contributed by atoms with van der Waals surface area (Å²) in [6.07, 6.45) is 6.15. The number of fused-ring (bicyclic) bond motifs is 1. The number of hydrogen-bond acceptors (Lipinski definition) is 5. The van der Waals surface area contributed by atoms with Crippen molar-refractivity contribution in [3.63, 3.8) is 0 Å². The van der Waals surface area contributed by atoms with Crippen LogP contribution in [0.3, 0.4) is 0 Å². The van der Waals surface area contributed by atoms with Crippen LogP contribution in [0.2, 0.25) is 0 Å². The number of hydrogen-bond donors (Lipinski definition) is 0. The zero-order chi connectivity index (χ0) is 20.7. The summed E-state index contributed by atoms with van der Waals surface area (Å²) in [6.45, 7) is 10.4. The third-order valence-electron chi connectivity index (χ3n) is 4.12. The van der Waals surface area contributed by atoms with Gasteiger partial charge in [0.25, 0.3) is 0 Å². The molecule has 0 amide bonds. The van der Waals surface area contributed by atoms with Gasteiger partial charge in [-0.25, -0.2) is 4.79 Å². The van der Waals surface area contributed by atoms with Gasteiger partial charge in [-0.05, 0) is 65.7 Å². The SMILES string of the molecule is COc1c(OC/C=C(\C)CCC=C(C)C)c(=O)oc2cc(OC(C)C)ccc12. The molecule has 28 heavy (non-hydrogen) atoms. The van der Waals surface area contributed by atoms with E-state index < -0.39 is 5.63 Å². The standard InChI is InChI=1S/C23H30O5/c1-15(2)8-7-9-17(5)12-13-26-22-21(25-6)19-11-10-18(27-16(3)4)14-20(19)28-23(22)24/h8,10-12,14,16H,7,9,13H2,1-6H3/b17-12+. The molecule has 1 aromatic heterocycles. The van der Waals surface area contributed by atoms with Crippen LogP contribution in [-0.2, 0) is 0 Å². The van der Waals surface area contributed by atoms with E-state index in [-0.39, 0.29) is 18.5 Å². The third-order valence-corrected chi connectivity index (χ3v) is 4.12. The van der Waals surface area contributed by atoms with Crippen molar-refractivity contribution in [2.45, 2.75) is 53.6 Å². The van der Waals surface area contributed by atoms with Gasteiger partial charge in [0.2, 0.25) is 5.75 Å². The van der Waals surface area contributed by atoms with Gasteiger partial charge in [0.05, 0.1) is 18.6 Å². The Hall–Kier alpha value is -2.69. The van der Waals surface area contributed by atoms with Gasteiger partial charge >= 0.3 is 5.63 Å². The first-order valence-corrected chi connectivity index (χ1v) is 9.55. The van der Waals surface area contributed by atoms with Crippen LogP contribution in [-0.4, -0.2) is 19.8 Å². The minimum atomic E-state index is -0.568. The van der Waals surface area contributed by atoms with Crippen molar-refractivity contribution in [1.29, 1.82) is 0 Å². The molecule has 0 saturated carbocycles. The van der Waals surface area contributed by atoms with Gasteiger partial charge in [0.1, 0.15) is 17.9 Å². The molecule has 2 rings (SSSR count). The van der Waals surface area contributed by atoms with Gasteiger partial charge in [-0.2, -0.15) is 0 Å². The Morgan fingerprint density at radius 3 is 2.54 bits per heavy atom. The Morgan fingerprint density at radius 2 is 1.89 bits per heavy atom. The lowest BCUT2D eigenvalue weighted by Crippen LogP contribution is -2.10. The Bertz CT molecular complexity index is 914. The smallest absolute Gasteiger partial charge is 0.383 e. The van der Waals surface area contributed by atoms with Crippen molar-refractivity contribution in [1.82, 2.24) is 0 Å². The maximum absolute atomic E-state index is 12.4. The minimum Gasteiger partial charge on any atom is -0.492 e. The summed E-state index contributed by atoms with van der Waals surface area (Å²) in [5.74, 6) is 1.09. The molecule has 0 fully saturated rings. The lowest BCUT2D eigenvalue weighted by atomic mass is 10.1. The summed E-state index contributed by atoms with van der Waals surface area (Å²) in [5.41, 5.74) is 2.35. The van der Waals surface area contributed by atoms with Crippen LogP contribution < -0.4 is 19.8 Å². The van der Waals surface area contributed by atoms with Gasteiger partial charge in [0, 0.05) is 6.07 Å². The van der Waals surface area contributed by atoms with E-state index in [1.165, 1.54) is 18.3 Å². The third kappa shape index (κ3) is 5.91. The quantitative estimate of drug-likeness (QED) is 0.411. The molecule has 0 aliphatic carbocycles. The van der Waals surface area contributed by atoms with Crippen LogP contribution in [0.1, 0.15) is 47.5 Å². The predicted octanol–water partition coefficient (Wildman–Crippen LogP) is 5.66. The van der Waals surface area contributed by atoms with Gasteiger partial charge in [-0.15, -0.1) is 0 Å². The van der Waals surface area contributed by atoms with E-state index in [1.54, 1.807) is 6.07 Å². The minimum absolute atomic E-state index is 0.0282. The normalized spacial score (nSPS) is 11.6. The van der Waals surface area contributed by atoms with Crippen molar-refractivity contribution in [2.75, 3.05) is 13.7 Å². The number of allylic oxidation sites excluding steroid dienone is 3. The molecule has 0 unspecified atom stereocenters. The van der Waals surface area contributed by atoms with Gasteiger partial charge < -0.3 is 18.6 Å². The summed E-state index contributed by atoms with van der Waals surface area (Å²) >= 11 is 0. The van der Waals surface area contributed by atoms with Crippen LogP contribution in [0.4, 0.5) is 0 Å². The van der Waals surface area contributed by atoms with Gasteiger partial charge in [-0.1, -0.05) is 17.2 Å². The van der Waals surface area contributed by atoms with E-state index in [4.69, 9.17) is 18.6 Å². The molecule has 0 spiro atoms. The lowest BCUT2D eigenvalue weighted by Gasteiger charge is -2.13. The van der Waals surface area contributed by atoms with Crippen LogP contribution >= 0.6 is 0 Å². The van der Waals surface area contributed by atoms with Crippen molar-refractivity contribution >= 4 is 11.0 Å². The summed E-state index contributed by atoms with van der Waals surface area (Å²) in [6, 6.07) is 5.32. The Balaban J connectivity index is 2.21. The molecule has 0 bridgehead atoms. The molecule has 0 radical (unpaired) electrons. The van der Waals surface area contributed by atoms with Crippen molar-refractivity contribution in [2.24, 2.45) is 0 Å². The molecule has 152 valence electrons. The molecule has 1 heterocycles. The van der Waals surface area contributed by atoms with E-state index in [0.29, 0.717) is 22.5 Å². The van der Waals surface area contributed by atoms with Crippen molar-refractivity contribution < 1.29 is 18.6 Å². The molecular formula is C23H30O5. The lowest BCUT2D eigenvalue weighted by molar-refractivity contribution is 0.242. The van der Waals surface area contributed by atoms with E-state index in [1.807, 2.05) is 32.1 Å². The second-order valence-electron chi connectivity index (χ2n) is 7.26. The molecule has 1 aromatic carbocycles. The van der Waals surface area contributed by atoms with Crippen LogP contribution in [0.5, 0.6) is 17.2 Å².